The predicted octanol–water partition coefficient (Wildman–Crippen LogP) is 1.26. The van der Waals surface area contributed by atoms with Crippen LogP contribution in [0.15, 0.2) is 12.3 Å². The molecule has 102 valence electrons. The lowest BCUT2D eigenvalue weighted by atomic mass is 10.2. The Morgan fingerprint density at radius 3 is 3.05 bits per heavy atom. The van der Waals surface area contributed by atoms with Gasteiger partial charge in [0.15, 0.2) is 0 Å². The standard InChI is InChI=1S/C13H18ClN5/c1-18-5-6-19(2)11(9-18)8-17-13-12(14)10(7-15)3-4-16-13/h3-4,11H,5-6,8-9H2,1-2H3,(H,16,17). The van der Waals surface area contributed by atoms with Crippen molar-refractivity contribution in [2.24, 2.45) is 0 Å². The van der Waals surface area contributed by atoms with Crippen molar-refractivity contribution in [3.05, 3.63) is 22.8 Å². The molecule has 0 aromatic carbocycles. The van der Waals surface area contributed by atoms with Crippen LogP contribution < -0.4 is 5.32 Å². The van der Waals surface area contributed by atoms with Crippen molar-refractivity contribution in [1.29, 1.82) is 5.26 Å². The van der Waals surface area contributed by atoms with Crippen LogP contribution in [-0.4, -0.2) is 61.1 Å². The van der Waals surface area contributed by atoms with Crippen LogP contribution in [-0.2, 0) is 0 Å². The number of anilines is 1. The summed E-state index contributed by atoms with van der Waals surface area (Å²) in [6.07, 6.45) is 1.60. The van der Waals surface area contributed by atoms with Crippen LogP contribution in [0.4, 0.5) is 5.82 Å². The average molecular weight is 280 g/mol. The zero-order valence-corrected chi connectivity index (χ0v) is 12.0. The van der Waals surface area contributed by atoms with Gasteiger partial charge in [-0.3, -0.25) is 4.90 Å². The minimum Gasteiger partial charge on any atom is -0.367 e. The molecule has 0 aliphatic carbocycles. The number of nitrogens with one attached hydrogen (secondary N) is 1. The summed E-state index contributed by atoms with van der Waals surface area (Å²) in [4.78, 5) is 8.83. The van der Waals surface area contributed by atoms with E-state index in [1.807, 2.05) is 0 Å². The summed E-state index contributed by atoms with van der Waals surface area (Å²) in [5, 5.41) is 12.6. The summed E-state index contributed by atoms with van der Waals surface area (Å²) in [6, 6.07) is 4.10. The van der Waals surface area contributed by atoms with Gasteiger partial charge in [-0.25, -0.2) is 4.98 Å². The molecular formula is C13H18ClN5. The van der Waals surface area contributed by atoms with Gasteiger partial charge in [0.2, 0.25) is 0 Å². The van der Waals surface area contributed by atoms with E-state index in [1.165, 1.54) is 0 Å². The fraction of sp³-hybridized carbons (Fsp3) is 0.538. The highest BCUT2D eigenvalue weighted by atomic mass is 35.5. The lowest BCUT2D eigenvalue weighted by Crippen LogP contribution is -2.52. The van der Waals surface area contributed by atoms with E-state index in [2.05, 4.69) is 40.3 Å². The highest BCUT2D eigenvalue weighted by Gasteiger charge is 2.22. The van der Waals surface area contributed by atoms with E-state index in [-0.39, 0.29) is 0 Å². The molecule has 1 saturated heterocycles. The molecule has 1 aliphatic heterocycles. The van der Waals surface area contributed by atoms with Gasteiger partial charge < -0.3 is 10.2 Å². The van der Waals surface area contributed by atoms with Gasteiger partial charge in [0, 0.05) is 38.4 Å². The largest absolute Gasteiger partial charge is 0.367 e. The molecule has 1 aromatic heterocycles. The summed E-state index contributed by atoms with van der Waals surface area (Å²) in [6.45, 7) is 3.93. The number of hydrogen-bond donors (Lipinski definition) is 1. The lowest BCUT2D eigenvalue weighted by molar-refractivity contribution is 0.122. The van der Waals surface area contributed by atoms with E-state index in [9.17, 15) is 0 Å². The number of aromatic nitrogens is 1. The van der Waals surface area contributed by atoms with E-state index in [0.717, 1.165) is 26.2 Å². The van der Waals surface area contributed by atoms with Crippen molar-refractivity contribution in [2.75, 3.05) is 45.6 Å². The second-order valence-corrected chi connectivity index (χ2v) is 5.29. The van der Waals surface area contributed by atoms with E-state index in [0.29, 0.717) is 22.4 Å². The summed E-state index contributed by atoms with van der Waals surface area (Å²) >= 11 is 6.12. The molecule has 1 atom stereocenters. The van der Waals surface area contributed by atoms with E-state index in [4.69, 9.17) is 16.9 Å². The summed E-state index contributed by atoms with van der Waals surface area (Å²) in [5.41, 5.74) is 0.452. The Kier molecular flexibility index (Phi) is 4.59. The molecule has 6 heteroatoms. The molecular weight excluding hydrogens is 262 g/mol. The van der Waals surface area contributed by atoms with Crippen LogP contribution in [0.2, 0.25) is 5.02 Å². The van der Waals surface area contributed by atoms with Crippen molar-refractivity contribution in [1.82, 2.24) is 14.8 Å². The number of likely N-dealkylation sites (N-methyl/N-ethyl adjacent to an activating group) is 2. The molecule has 5 nitrogen and oxygen atoms in total. The third-order valence-corrected chi connectivity index (χ3v) is 3.88. The van der Waals surface area contributed by atoms with Crippen LogP contribution >= 0.6 is 11.6 Å². The molecule has 0 saturated carbocycles. The summed E-state index contributed by atoms with van der Waals surface area (Å²) in [7, 11) is 4.25. The Hall–Kier alpha value is -1.35. The first kappa shape index (κ1) is 14.1. The van der Waals surface area contributed by atoms with Crippen LogP contribution in [0.1, 0.15) is 5.56 Å². The molecule has 2 heterocycles. The second-order valence-electron chi connectivity index (χ2n) is 4.91. The molecule has 1 fully saturated rings. The monoisotopic (exact) mass is 279 g/mol. The number of pyridine rings is 1. The average Bonchev–Trinajstić information content (AvgIpc) is 2.41. The maximum atomic E-state index is 8.93. The molecule has 1 aliphatic rings. The smallest absolute Gasteiger partial charge is 0.146 e. The fourth-order valence-electron chi connectivity index (χ4n) is 2.19. The van der Waals surface area contributed by atoms with Crippen molar-refractivity contribution < 1.29 is 0 Å². The Bertz CT molecular complexity index is 484. The SMILES string of the molecule is CN1CCN(C)C(CNc2nccc(C#N)c2Cl)C1. The number of piperazine rings is 1. The normalized spacial score (nSPS) is 21.1. The molecule has 0 bridgehead atoms. The zero-order valence-electron chi connectivity index (χ0n) is 11.2. The molecule has 0 spiro atoms. The van der Waals surface area contributed by atoms with Crippen LogP contribution in [0.3, 0.4) is 0 Å². The van der Waals surface area contributed by atoms with Crippen LogP contribution in [0.5, 0.6) is 0 Å². The van der Waals surface area contributed by atoms with Crippen molar-refractivity contribution in [3.8, 4) is 6.07 Å². The molecule has 2 rings (SSSR count). The lowest BCUT2D eigenvalue weighted by Gasteiger charge is -2.37. The van der Waals surface area contributed by atoms with Crippen LogP contribution in [0, 0.1) is 11.3 Å². The van der Waals surface area contributed by atoms with Crippen molar-refractivity contribution >= 4 is 17.4 Å². The molecule has 0 amide bonds. The van der Waals surface area contributed by atoms with E-state index in [1.54, 1.807) is 12.3 Å². The molecule has 1 aromatic rings. The first-order valence-corrected chi connectivity index (χ1v) is 6.67. The second kappa shape index (κ2) is 6.20. The maximum Gasteiger partial charge on any atom is 0.146 e. The first-order chi connectivity index (χ1) is 9.11. The highest BCUT2D eigenvalue weighted by Crippen LogP contribution is 2.22. The summed E-state index contributed by atoms with van der Waals surface area (Å²) < 4.78 is 0. The Morgan fingerprint density at radius 1 is 1.53 bits per heavy atom. The Balaban J connectivity index is 2.01. The van der Waals surface area contributed by atoms with Gasteiger partial charge in [0.25, 0.3) is 0 Å². The van der Waals surface area contributed by atoms with Gasteiger partial charge in [-0.05, 0) is 20.2 Å². The molecule has 1 unspecified atom stereocenters. The van der Waals surface area contributed by atoms with Crippen LogP contribution in [0.25, 0.3) is 0 Å². The minimum atomic E-state index is 0.400. The Labute approximate surface area is 118 Å². The topological polar surface area (TPSA) is 55.2 Å². The van der Waals surface area contributed by atoms with Gasteiger partial charge in [-0.15, -0.1) is 0 Å². The minimum absolute atomic E-state index is 0.400. The van der Waals surface area contributed by atoms with Crippen molar-refractivity contribution in [2.45, 2.75) is 6.04 Å². The third-order valence-electron chi connectivity index (χ3n) is 3.49. The number of halogens is 1. The number of nitriles is 1. The van der Waals surface area contributed by atoms with Gasteiger partial charge in [-0.1, -0.05) is 11.6 Å². The van der Waals surface area contributed by atoms with E-state index >= 15 is 0 Å². The van der Waals surface area contributed by atoms with Gasteiger partial charge >= 0.3 is 0 Å². The fourth-order valence-corrected chi connectivity index (χ4v) is 2.41. The molecule has 0 radical (unpaired) electrons. The molecule has 1 N–H and O–H groups in total. The number of rotatable bonds is 3. The first-order valence-electron chi connectivity index (χ1n) is 6.29. The maximum absolute atomic E-state index is 8.93. The third kappa shape index (κ3) is 3.35. The quantitative estimate of drug-likeness (QED) is 0.903. The summed E-state index contributed by atoms with van der Waals surface area (Å²) in [5.74, 6) is 0.586. The van der Waals surface area contributed by atoms with Gasteiger partial charge in [0.05, 0.1) is 5.56 Å². The number of nitrogens with zero attached hydrogens (tertiary/aromatic N) is 4. The highest BCUT2D eigenvalue weighted by molar-refractivity contribution is 6.34. The predicted molar refractivity (Wildman–Crippen MR) is 76.4 cm³/mol. The number of hydrogen-bond acceptors (Lipinski definition) is 5. The van der Waals surface area contributed by atoms with Gasteiger partial charge in [0.1, 0.15) is 16.9 Å². The molecule has 19 heavy (non-hydrogen) atoms. The Morgan fingerprint density at radius 2 is 2.32 bits per heavy atom. The van der Waals surface area contributed by atoms with E-state index < -0.39 is 0 Å². The van der Waals surface area contributed by atoms with Gasteiger partial charge in [-0.2, -0.15) is 5.26 Å². The van der Waals surface area contributed by atoms with Crippen molar-refractivity contribution in [3.63, 3.8) is 0 Å². The zero-order chi connectivity index (χ0) is 13.8.